The minimum absolute atomic E-state index is 0.213. The van der Waals surface area contributed by atoms with Crippen LogP contribution in [0.2, 0.25) is 0 Å². The number of H-pyrrole nitrogens is 1. The summed E-state index contributed by atoms with van der Waals surface area (Å²) in [5, 5.41) is 10.1. The van der Waals surface area contributed by atoms with E-state index >= 15 is 0 Å². The van der Waals surface area contributed by atoms with Crippen molar-refractivity contribution in [3.63, 3.8) is 0 Å². The molecule has 0 radical (unpaired) electrons. The Bertz CT molecular complexity index is 1110. The number of rotatable bonds is 3. The Kier molecular flexibility index (Phi) is 3.62. The Hall–Kier alpha value is -2.65. The molecule has 5 nitrogen and oxygen atoms in total. The molecular weight excluding hydrogens is 334 g/mol. The molecule has 0 bridgehead atoms. The third-order valence-electron chi connectivity index (χ3n) is 4.82. The van der Waals surface area contributed by atoms with Crippen LogP contribution in [-0.4, -0.2) is 9.97 Å². The lowest BCUT2D eigenvalue weighted by atomic mass is 10.2. The minimum Gasteiger partial charge on any atom is -0.461 e. The van der Waals surface area contributed by atoms with Crippen LogP contribution in [-0.2, 0) is 0 Å². The molecule has 4 rings (SSSR count). The van der Waals surface area contributed by atoms with E-state index in [9.17, 15) is 10.1 Å². The summed E-state index contributed by atoms with van der Waals surface area (Å²) in [6.45, 7) is 6.07. The molecule has 0 saturated heterocycles. The van der Waals surface area contributed by atoms with Gasteiger partial charge < -0.3 is 9.40 Å². The number of fused-ring (bicyclic) bond motifs is 1. The molecule has 3 heterocycles. The maximum absolute atomic E-state index is 12.4. The lowest BCUT2D eigenvalue weighted by Crippen LogP contribution is -2.10. The average Bonchev–Trinajstić information content (AvgIpc) is 3.01. The molecule has 2 atom stereocenters. The van der Waals surface area contributed by atoms with E-state index in [0.29, 0.717) is 27.8 Å². The molecule has 3 aromatic rings. The van der Waals surface area contributed by atoms with E-state index in [0.717, 1.165) is 22.6 Å². The monoisotopic (exact) mass is 351 g/mol. The Morgan fingerprint density at radius 3 is 2.92 bits per heavy atom. The predicted octanol–water partition coefficient (Wildman–Crippen LogP) is 4.38. The number of aromatic nitrogens is 2. The smallest absolute Gasteiger partial charge is 0.260 e. The Morgan fingerprint density at radius 2 is 2.24 bits per heavy atom. The number of allylic oxidation sites excluding steroid dienone is 1. The highest BCUT2D eigenvalue weighted by Crippen LogP contribution is 2.47. The second-order valence-corrected chi connectivity index (χ2v) is 7.81. The van der Waals surface area contributed by atoms with E-state index in [1.165, 1.54) is 11.3 Å². The summed E-state index contributed by atoms with van der Waals surface area (Å²) >= 11 is 1.47. The molecule has 0 aromatic carbocycles. The van der Waals surface area contributed by atoms with Crippen molar-refractivity contribution in [1.29, 1.82) is 5.26 Å². The molecule has 0 aliphatic heterocycles. The van der Waals surface area contributed by atoms with Gasteiger partial charge in [-0.15, -0.1) is 11.3 Å². The molecule has 6 heteroatoms. The largest absolute Gasteiger partial charge is 0.461 e. The fourth-order valence-electron chi connectivity index (χ4n) is 3.04. The summed E-state index contributed by atoms with van der Waals surface area (Å²) in [5.41, 5.74) is 1.01. The van der Waals surface area contributed by atoms with Crippen molar-refractivity contribution in [3.05, 3.63) is 50.3 Å². The summed E-state index contributed by atoms with van der Waals surface area (Å²) in [4.78, 5) is 21.3. The normalized spacial score (nSPS) is 20.0. The van der Waals surface area contributed by atoms with E-state index in [-0.39, 0.29) is 17.0 Å². The van der Waals surface area contributed by atoms with Crippen LogP contribution in [0.3, 0.4) is 0 Å². The van der Waals surface area contributed by atoms with Gasteiger partial charge in [-0.1, -0.05) is 6.92 Å². The lowest BCUT2D eigenvalue weighted by molar-refractivity contribution is 0.498. The quantitative estimate of drug-likeness (QED) is 0.710. The van der Waals surface area contributed by atoms with Crippen molar-refractivity contribution in [2.45, 2.75) is 33.1 Å². The van der Waals surface area contributed by atoms with Gasteiger partial charge in [0.15, 0.2) is 5.82 Å². The lowest BCUT2D eigenvalue weighted by Gasteiger charge is -1.99. The van der Waals surface area contributed by atoms with Gasteiger partial charge in [0, 0.05) is 16.9 Å². The molecule has 1 N–H and O–H groups in total. The number of nitrogens with one attached hydrogen (secondary N) is 1. The molecular formula is C19H17N3O2S. The topological polar surface area (TPSA) is 82.7 Å². The van der Waals surface area contributed by atoms with E-state index in [2.05, 4.69) is 23.0 Å². The van der Waals surface area contributed by atoms with Gasteiger partial charge in [0.2, 0.25) is 0 Å². The van der Waals surface area contributed by atoms with Gasteiger partial charge in [0.1, 0.15) is 22.4 Å². The second-order valence-electron chi connectivity index (χ2n) is 6.61. The van der Waals surface area contributed by atoms with Gasteiger partial charge in [0.05, 0.1) is 11.0 Å². The first-order valence-corrected chi connectivity index (χ1v) is 9.01. The van der Waals surface area contributed by atoms with Gasteiger partial charge in [-0.25, -0.2) is 4.98 Å². The second kappa shape index (κ2) is 5.71. The zero-order chi connectivity index (χ0) is 17.7. The number of hydrogen-bond donors (Lipinski definition) is 1. The van der Waals surface area contributed by atoms with Crippen LogP contribution in [0, 0.1) is 31.1 Å². The van der Waals surface area contributed by atoms with Gasteiger partial charge in [0.25, 0.3) is 5.56 Å². The fourth-order valence-corrected chi connectivity index (χ4v) is 4.07. The number of aromatic amines is 1. The number of nitriles is 1. The van der Waals surface area contributed by atoms with E-state index in [4.69, 9.17) is 4.42 Å². The van der Waals surface area contributed by atoms with Crippen LogP contribution in [0.4, 0.5) is 0 Å². The van der Waals surface area contributed by atoms with Crippen LogP contribution >= 0.6 is 11.3 Å². The zero-order valence-electron chi connectivity index (χ0n) is 14.2. The summed E-state index contributed by atoms with van der Waals surface area (Å²) < 4.78 is 5.83. The van der Waals surface area contributed by atoms with Crippen LogP contribution < -0.4 is 5.56 Å². The van der Waals surface area contributed by atoms with Crippen LogP contribution in [0.1, 0.15) is 47.0 Å². The summed E-state index contributed by atoms with van der Waals surface area (Å²) in [6, 6.07) is 5.93. The highest BCUT2D eigenvalue weighted by atomic mass is 32.1. The van der Waals surface area contributed by atoms with Crippen LogP contribution in [0.15, 0.2) is 21.3 Å². The molecule has 1 aliphatic carbocycles. The average molecular weight is 351 g/mol. The zero-order valence-corrected chi connectivity index (χ0v) is 15.0. The molecule has 0 unspecified atom stereocenters. The van der Waals surface area contributed by atoms with Gasteiger partial charge in [-0.05, 0) is 43.9 Å². The first-order valence-electron chi connectivity index (χ1n) is 8.20. The van der Waals surface area contributed by atoms with Crippen molar-refractivity contribution < 1.29 is 4.42 Å². The minimum atomic E-state index is -0.213. The van der Waals surface area contributed by atoms with E-state index in [1.807, 2.05) is 26.0 Å². The molecule has 1 aliphatic rings. The molecule has 1 fully saturated rings. The molecule has 0 spiro atoms. The predicted molar refractivity (Wildman–Crippen MR) is 98.4 cm³/mol. The Balaban J connectivity index is 1.76. The molecule has 126 valence electrons. The standard InChI is InChI=1S/C19H17N3O2S/c1-9-6-14(9)15-5-4-13(24-15)7-12(8-20)17-21-18(23)16-10(2)11(3)25-19(16)22-17/h4-5,7,9,14H,6H2,1-3H3,(H,21,22,23)/b12-7+/t9-,14-/m1/s1. The Morgan fingerprint density at radius 1 is 1.48 bits per heavy atom. The summed E-state index contributed by atoms with van der Waals surface area (Å²) in [7, 11) is 0. The fraction of sp³-hybridized carbons (Fsp3) is 0.316. The maximum Gasteiger partial charge on any atom is 0.260 e. The van der Waals surface area contributed by atoms with Gasteiger partial charge >= 0.3 is 0 Å². The van der Waals surface area contributed by atoms with Crippen molar-refractivity contribution >= 4 is 33.2 Å². The van der Waals surface area contributed by atoms with E-state index < -0.39 is 0 Å². The number of aryl methyl sites for hydroxylation is 2. The number of thiophene rings is 1. The molecule has 3 aromatic heterocycles. The summed E-state index contributed by atoms with van der Waals surface area (Å²) in [6.07, 6.45) is 2.78. The molecule has 25 heavy (non-hydrogen) atoms. The van der Waals surface area contributed by atoms with Crippen LogP contribution in [0.25, 0.3) is 21.9 Å². The van der Waals surface area contributed by atoms with Gasteiger partial charge in [-0.2, -0.15) is 5.26 Å². The van der Waals surface area contributed by atoms with Crippen LogP contribution in [0.5, 0.6) is 0 Å². The highest BCUT2D eigenvalue weighted by Gasteiger charge is 2.36. The third kappa shape index (κ3) is 2.71. The van der Waals surface area contributed by atoms with Crippen molar-refractivity contribution in [2.24, 2.45) is 5.92 Å². The third-order valence-corrected chi connectivity index (χ3v) is 5.92. The summed E-state index contributed by atoms with van der Waals surface area (Å²) in [5.74, 6) is 2.98. The molecule has 1 saturated carbocycles. The van der Waals surface area contributed by atoms with Crippen molar-refractivity contribution in [3.8, 4) is 6.07 Å². The Labute approximate surface area is 148 Å². The SMILES string of the molecule is Cc1sc2nc(/C(C#N)=C/c3ccc([C@@H]4C[C@H]4C)o3)[nH]c(=O)c2c1C. The van der Waals surface area contributed by atoms with Gasteiger partial charge in [-0.3, -0.25) is 4.79 Å². The van der Waals surface area contributed by atoms with Crippen molar-refractivity contribution in [2.75, 3.05) is 0 Å². The van der Waals surface area contributed by atoms with E-state index in [1.54, 1.807) is 6.08 Å². The van der Waals surface area contributed by atoms with Crippen molar-refractivity contribution in [1.82, 2.24) is 9.97 Å². The maximum atomic E-state index is 12.4. The number of furan rings is 1. The first-order chi connectivity index (χ1) is 12.0. The first kappa shape index (κ1) is 15.9. The highest BCUT2D eigenvalue weighted by molar-refractivity contribution is 7.18. The number of nitrogens with zero attached hydrogens (tertiary/aromatic N) is 2. The molecule has 0 amide bonds. The number of hydrogen-bond acceptors (Lipinski definition) is 5.